The lowest BCUT2D eigenvalue weighted by atomic mass is 9.84. The molecule has 1 amide bonds. The van der Waals surface area contributed by atoms with Crippen LogP contribution in [0.4, 0.5) is 0 Å². The van der Waals surface area contributed by atoms with E-state index in [0.29, 0.717) is 25.9 Å². The third-order valence-corrected chi connectivity index (χ3v) is 4.08. The number of nitrogens with zero attached hydrogens (tertiary/aromatic N) is 2. The predicted molar refractivity (Wildman–Crippen MR) is 84.0 cm³/mol. The van der Waals surface area contributed by atoms with Crippen molar-refractivity contribution in [2.24, 2.45) is 0 Å². The van der Waals surface area contributed by atoms with Crippen LogP contribution in [-0.2, 0) is 4.79 Å². The van der Waals surface area contributed by atoms with Crippen LogP contribution < -0.4 is 0 Å². The number of rotatable bonds is 7. The summed E-state index contributed by atoms with van der Waals surface area (Å²) >= 11 is 0. The number of piperidine rings is 1. The normalized spacial score (nSPS) is 26.8. The van der Waals surface area contributed by atoms with Crippen LogP contribution in [0.3, 0.4) is 0 Å². The third kappa shape index (κ3) is 5.77. The van der Waals surface area contributed by atoms with Gasteiger partial charge in [-0.2, -0.15) is 0 Å². The number of unbranched alkanes of at least 4 members (excludes halogenated alkanes) is 2. The van der Waals surface area contributed by atoms with Crippen molar-refractivity contribution >= 4 is 5.91 Å². The molecule has 1 heterocycles. The van der Waals surface area contributed by atoms with Crippen LogP contribution in [-0.4, -0.2) is 71.4 Å². The Morgan fingerprint density at radius 2 is 2.14 bits per heavy atom. The van der Waals surface area contributed by atoms with Crippen LogP contribution in [0.1, 0.15) is 39.0 Å². The van der Waals surface area contributed by atoms with Gasteiger partial charge >= 0.3 is 0 Å². The maximum absolute atomic E-state index is 12.0. The van der Waals surface area contributed by atoms with Crippen LogP contribution in [0.2, 0.25) is 0 Å². The molecule has 2 atom stereocenters. The summed E-state index contributed by atoms with van der Waals surface area (Å²) in [5.74, 6) is -0.0912. The van der Waals surface area contributed by atoms with Gasteiger partial charge in [0.05, 0.1) is 5.60 Å². The molecule has 0 saturated carbocycles. The SMILES string of the molecule is CCCCC[C@]1(O)CCN(C(=O)/C=C/CN(C)C)C[C@@H]1O. The van der Waals surface area contributed by atoms with Crippen molar-refractivity contribution < 1.29 is 15.0 Å². The molecule has 1 aliphatic rings. The average Bonchev–Trinajstić information content (AvgIpc) is 2.42. The molecule has 122 valence electrons. The van der Waals surface area contributed by atoms with E-state index in [1.165, 1.54) is 0 Å². The summed E-state index contributed by atoms with van der Waals surface area (Å²) in [4.78, 5) is 15.6. The van der Waals surface area contributed by atoms with E-state index >= 15 is 0 Å². The lowest BCUT2D eigenvalue weighted by Gasteiger charge is -2.42. The van der Waals surface area contributed by atoms with Gasteiger partial charge in [0.15, 0.2) is 0 Å². The van der Waals surface area contributed by atoms with Crippen molar-refractivity contribution in [3.8, 4) is 0 Å². The standard InChI is InChI=1S/C16H30N2O3/c1-4-5-6-9-16(21)10-12-18(13-14(16)19)15(20)8-7-11-17(2)3/h7-8,14,19,21H,4-6,9-13H2,1-3H3/b8-7+/t14-,16-/m0/s1. The second-order valence-electron chi connectivity index (χ2n) is 6.28. The first-order valence-electron chi connectivity index (χ1n) is 7.89. The van der Waals surface area contributed by atoms with Crippen molar-refractivity contribution in [3.63, 3.8) is 0 Å². The minimum absolute atomic E-state index is 0.0912. The van der Waals surface area contributed by atoms with Gasteiger partial charge in [0.1, 0.15) is 6.10 Å². The fourth-order valence-electron chi connectivity index (χ4n) is 2.61. The molecule has 5 nitrogen and oxygen atoms in total. The van der Waals surface area contributed by atoms with Gasteiger partial charge in [0.25, 0.3) is 0 Å². The van der Waals surface area contributed by atoms with Crippen molar-refractivity contribution in [1.82, 2.24) is 9.80 Å². The van der Waals surface area contributed by atoms with Crippen LogP contribution in [0.25, 0.3) is 0 Å². The van der Waals surface area contributed by atoms with Crippen LogP contribution in [0, 0.1) is 0 Å². The molecule has 0 aromatic heterocycles. The molecule has 1 fully saturated rings. The van der Waals surface area contributed by atoms with Crippen molar-refractivity contribution in [3.05, 3.63) is 12.2 Å². The molecule has 5 heteroatoms. The number of carbonyl (C=O) groups is 1. The van der Waals surface area contributed by atoms with Gasteiger partial charge < -0.3 is 20.0 Å². The second-order valence-corrected chi connectivity index (χ2v) is 6.28. The molecule has 0 spiro atoms. The number of hydrogen-bond donors (Lipinski definition) is 2. The molecule has 1 rings (SSSR count). The first-order chi connectivity index (χ1) is 9.89. The van der Waals surface area contributed by atoms with Gasteiger partial charge in [0, 0.05) is 25.7 Å². The number of hydrogen-bond acceptors (Lipinski definition) is 4. The number of aliphatic hydroxyl groups is 2. The largest absolute Gasteiger partial charge is 0.388 e. The third-order valence-electron chi connectivity index (χ3n) is 4.08. The van der Waals surface area contributed by atoms with Crippen molar-refractivity contribution in [2.45, 2.75) is 50.7 Å². The highest BCUT2D eigenvalue weighted by Crippen LogP contribution is 2.28. The summed E-state index contributed by atoms with van der Waals surface area (Å²) in [6.45, 7) is 3.55. The van der Waals surface area contributed by atoms with Gasteiger partial charge in [-0.05, 0) is 26.9 Å². The molecule has 1 saturated heterocycles. The quantitative estimate of drug-likeness (QED) is 0.544. The molecule has 0 unspecified atom stereocenters. The zero-order valence-corrected chi connectivity index (χ0v) is 13.6. The van der Waals surface area contributed by atoms with Gasteiger partial charge in [0.2, 0.25) is 5.91 Å². The Morgan fingerprint density at radius 3 is 2.71 bits per heavy atom. The maximum Gasteiger partial charge on any atom is 0.246 e. The molecule has 0 bridgehead atoms. The predicted octanol–water partition coefficient (Wildman–Crippen LogP) is 1.01. The lowest BCUT2D eigenvalue weighted by molar-refractivity contribution is -0.146. The molecular weight excluding hydrogens is 268 g/mol. The van der Waals surface area contributed by atoms with Gasteiger partial charge in [-0.3, -0.25) is 4.79 Å². The first-order valence-corrected chi connectivity index (χ1v) is 7.89. The molecule has 21 heavy (non-hydrogen) atoms. The zero-order valence-electron chi connectivity index (χ0n) is 13.6. The maximum atomic E-state index is 12.0. The topological polar surface area (TPSA) is 64.0 Å². The molecule has 0 aromatic rings. The smallest absolute Gasteiger partial charge is 0.246 e. The number of likely N-dealkylation sites (tertiary alicyclic amines) is 1. The molecule has 0 aromatic carbocycles. The highest BCUT2D eigenvalue weighted by Gasteiger charge is 2.40. The first kappa shape index (κ1) is 18.1. The van der Waals surface area contributed by atoms with Gasteiger partial charge in [-0.1, -0.05) is 32.3 Å². The highest BCUT2D eigenvalue weighted by atomic mass is 16.3. The van der Waals surface area contributed by atoms with Gasteiger partial charge in [-0.25, -0.2) is 0 Å². The highest BCUT2D eigenvalue weighted by molar-refractivity contribution is 5.87. The van der Waals surface area contributed by atoms with E-state index in [1.54, 1.807) is 11.0 Å². The average molecular weight is 298 g/mol. The van der Waals surface area contributed by atoms with Crippen LogP contribution >= 0.6 is 0 Å². The van der Waals surface area contributed by atoms with Crippen molar-refractivity contribution in [1.29, 1.82) is 0 Å². The Balaban J connectivity index is 2.47. The summed E-state index contributed by atoms with van der Waals surface area (Å²) < 4.78 is 0. The Hall–Kier alpha value is -0.910. The van der Waals surface area contributed by atoms with E-state index in [1.807, 2.05) is 25.1 Å². The van der Waals surface area contributed by atoms with Gasteiger partial charge in [-0.15, -0.1) is 0 Å². The van der Waals surface area contributed by atoms with E-state index in [9.17, 15) is 15.0 Å². The van der Waals surface area contributed by atoms with E-state index in [2.05, 4.69) is 6.92 Å². The zero-order chi connectivity index (χ0) is 15.9. The molecule has 0 radical (unpaired) electrons. The fraction of sp³-hybridized carbons (Fsp3) is 0.812. The Morgan fingerprint density at radius 1 is 1.43 bits per heavy atom. The van der Waals surface area contributed by atoms with E-state index in [4.69, 9.17) is 0 Å². The minimum atomic E-state index is -1.03. The lowest BCUT2D eigenvalue weighted by Crippen LogP contribution is -2.56. The molecular formula is C16H30N2O3. The number of carbonyl (C=O) groups excluding carboxylic acids is 1. The fourth-order valence-corrected chi connectivity index (χ4v) is 2.61. The summed E-state index contributed by atoms with van der Waals surface area (Å²) in [6, 6.07) is 0. The molecule has 0 aliphatic carbocycles. The van der Waals surface area contributed by atoms with E-state index < -0.39 is 11.7 Å². The molecule has 2 N–H and O–H groups in total. The minimum Gasteiger partial charge on any atom is -0.388 e. The van der Waals surface area contributed by atoms with E-state index in [0.717, 1.165) is 19.3 Å². The number of amides is 1. The number of aliphatic hydroxyl groups excluding tert-OH is 1. The Kier molecular flexibility index (Phi) is 7.35. The Bertz CT molecular complexity index is 357. The number of β-amino-alcohol motifs (C(OH)–C–C–N with tert-alkyl or cyclic N) is 1. The number of likely N-dealkylation sites (N-methyl/N-ethyl adjacent to an activating group) is 1. The van der Waals surface area contributed by atoms with Crippen LogP contribution in [0.5, 0.6) is 0 Å². The monoisotopic (exact) mass is 298 g/mol. The van der Waals surface area contributed by atoms with E-state index in [-0.39, 0.29) is 12.5 Å². The molecule has 1 aliphatic heterocycles. The summed E-state index contributed by atoms with van der Waals surface area (Å²) in [6.07, 6.45) is 6.64. The van der Waals surface area contributed by atoms with Crippen LogP contribution in [0.15, 0.2) is 12.2 Å². The van der Waals surface area contributed by atoms with Crippen molar-refractivity contribution in [2.75, 3.05) is 33.7 Å². The second kappa shape index (κ2) is 8.51. The summed E-state index contributed by atoms with van der Waals surface area (Å²) in [7, 11) is 3.88. The Labute approximate surface area is 128 Å². The summed E-state index contributed by atoms with van der Waals surface area (Å²) in [5.41, 5.74) is -1.03. The summed E-state index contributed by atoms with van der Waals surface area (Å²) in [5, 5.41) is 20.7.